The van der Waals surface area contributed by atoms with Crippen molar-refractivity contribution >= 4 is 12.1 Å². The lowest BCUT2D eigenvalue weighted by Gasteiger charge is -2.00. The van der Waals surface area contributed by atoms with E-state index in [-0.39, 0.29) is 5.91 Å². The molecule has 0 fully saturated rings. The Labute approximate surface area is 126 Å². The van der Waals surface area contributed by atoms with Gasteiger partial charge in [0, 0.05) is 29.1 Å². The number of amides is 1. The molecular weight excluding hydrogens is 278 g/mol. The van der Waals surface area contributed by atoms with Crippen LogP contribution in [0.3, 0.4) is 0 Å². The first-order valence-corrected chi connectivity index (χ1v) is 6.67. The molecule has 0 unspecified atom stereocenters. The monoisotopic (exact) mass is 291 g/mol. The average Bonchev–Trinajstić information content (AvgIpc) is 3.05. The number of benzene rings is 1. The molecule has 0 bridgehead atoms. The van der Waals surface area contributed by atoms with E-state index in [1.807, 2.05) is 30.3 Å². The van der Waals surface area contributed by atoms with Gasteiger partial charge in [0.15, 0.2) is 0 Å². The fourth-order valence-corrected chi connectivity index (χ4v) is 1.96. The van der Waals surface area contributed by atoms with Crippen LogP contribution in [0, 0.1) is 0 Å². The van der Waals surface area contributed by atoms with Gasteiger partial charge in [-0.15, -0.1) is 0 Å². The summed E-state index contributed by atoms with van der Waals surface area (Å²) >= 11 is 0. The van der Waals surface area contributed by atoms with E-state index in [9.17, 15) is 4.79 Å². The van der Waals surface area contributed by atoms with Gasteiger partial charge in [0.1, 0.15) is 0 Å². The maximum atomic E-state index is 11.9. The van der Waals surface area contributed by atoms with Crippen molar-refractivity contribution in [3.63, 3.8) is 0 Å². The van der Waals surface area contributed by atoms with Crippen molar-refractivity contribution in [2.75, 3.05) is 0 Å². The summed E-state index contributed by atoms with van der Waals surface area (Å²) in [5, 5.41) is 10.9. The van der Waals surface area contributed by atoms with Crippen LogP contribution in [0.4, 0.5) is 0 Å². The number of rotatable bonds is 4. The maximum Gasteiger partial charge on any atom is 0.271 e. The molecule has 108 valence electrons. The third-order valence-electron chi connectivity index (χ3n) is 3.04. The van der Waals surface area contributed by atoms with Gasteiger partial charge in [0.2, 0.25) is 0 Å². The van der Waals surface area contributed by atoms with E-state index in [0.29, 0.717) is 5.56 Å². The van der Waals surface area contributed by atoms with Crippen molar-refractivity contribution in [3.05, 3.63) is 72.2 Å². The third-order valence-corrected chi connectivity index (χ3v) is 3.04. The first-order chi connectivity index (χ1) is 10.8. The molecule has 1 amide bonds. The largest absolute Gasteiger partial charge is 0.277 e. The van der Waals surface area contributed by atoms with E-state index in [1.54, 1.807) is 36.9 Å². The molecule has 3 rings (SSSR count). The summed E-state index contributed by atoms with van der Waals surface area (Å²) in [5.41, 5.74) is 5.62. The minimum atomic E-state index is -0.289. The summed E-state index contributed by atoms with van der Waals surface area (Å²) in [6, 6.07) is 13.0. The van der Waals surface area contributed by atoms with Crippen molar-refractivity contribution in [2.45, 2.75) is 0 Å². The average molecular weight is 291 g/mol. The number of nitrogens with one attached hydrogen (secondary N) is 2. The molecule has 22 heavy (non-hydrogen) atoms. The number of pyridine rings is 1. The van der Waals surface area contributed by atoms with Crippen LogP contribution in [-0.2, 0) is 0 Å². The van der Waals surface area contributed by atoms with E-state index in [4.69, 9.17) is 0 Å². The van der Waals surface area contributed by atoms with Crippen molar-refractivity contribution in [1.29, 1.82) is 0 Å². The lowest BCUT2D eigenvalue weighted by Crippen LogP contribution is -2.17. The number of hydrazone groups is 1. The van der Waals surface area contributed by atoms with Gasteiger partial charge in [0.05, 0.1) is 18.1 Å². The van der Waals surface area contributed by atoms with E-state index in [0.717, 1.165) is 16.8 Å². The molecule has 0 saturated heterocycles. The Kier molecular flexibility index (Phi) is 4.01. The molecule has 3 aromatic rings. The predicted octanol–water partition coefficient (Wildman–Crippen LogP) is 2.24. The summed E-state index contributed by atoms with van der Waals surface area (Å²) < 4.78 is 0. The zero-order valence-electron chi connectivity index (χ0n) is 11.6. The fourth-order valence-electron chi connectivity index (χ4n) is 1.96. The lowest BCUT2D eigenvalue weighted by atomic mass is 10.1. The quantitative estimate of drug-likeness (QED) is 0.571. The highest BCUT2D eigenvalue weighted by Gasteiger charge is 2.06. The Bertz CT molecular complexity index is 781. The maximum absolute atomic E-state index is 11.9. The van der Waals surface area contributed by atoms with Gasteiger partial charge in [-0.25, -0.2) is 5.43 Å². The number of carbonyl (C=O) groups excluding carboxylic acids is 1. The van der Waals surface area contributed by atoms with Gasteiger partial charge in [-0.05, 0) is 12.1 Å². The van der Waals surface area contributed by atoms with Crippen LogP contribution in [-0.4, -0.2) is 27.3 Å². The summed E-state index contributed by atoms with van der Waals surface area (Å²) in [6.07, 6.45) is 6.33. The van der Waals surface area contributed by atoms with Crippen LogP contribution in [0.1, 0.15) is 15.9 Å². The van der Waals surface area contributed by atoms with Gasteiger partial charge in [0.25, 0.3) is 5.91 Å². The Hall–Kier alpha value is -3.28. The first-order valence-electron chi connectivity index (χ1n) is 6.67. The van der Waals surface area contributed by atoms with Gasteiger partial charge in [-0.3, -0.25) is 14.9 Å². The summed E-state index contributed by atoms with van der Waals surface area (Å²) in [7, 11) is 0. The highest BCUT2D eigenvalue weighted by Crippen LogP contribution is 2.18. The number of aromatic nitrogens is 3. The van der Waals surface area contributed by atoms with Gasteiger partial charge in [-0.1, -0.05) is 30.3 Å². The fraction of sp³-hybridized carbons (Fsp3) is 0. The molecule has 6 nitrogen and oxygen atoms in total. The number of H-pyrrole nitrogens is 1. The second-order valence-electron chi connectivity index (χ2n) is 4.50. The zero-order chi connectivity index (χ0) is 15.2. The van der Waals surface area contributed by atoms with Crippen LogP contribution in [0.2, 0.25) is 0 Å². The second-order valence-corrected chi connectivity index (χ2v) is 4.50. The predicted molar refractivity (Wildman–Crippen MR) is 83.3 cm³/mol. The Balaban J connectivity index is 1.72. The number of carbonyl (C=O) groups is 1. The van der Waals surface area contributed by atoms with E-state index < -0.39 is 0 Å². The van der Waals surface area contributed by atoms with Crippen LogP contribution < -0.4 is 5.43 Å². The molecule has 0 radical (unpaired) electrons. The number of hydrogen-bond acceptors (Lipinski definition) is 4. The molecule has 2 heterocycles. The van der Waals surface area contributed by atoms with Crippen LogP contribution >= 0.6 is 0 Å². The zero-order valence-corrected chi connectivity index (χ0v) is 11.6. The molecule has 0 atom stereocenters. The van der Waals surface area contributed by atoms with Crippen LogP contribution in [0.5, 0.6) is 0 Å². The van der Waals surface area contributed by atoms with Crippen molar-refractivity contribution in [3.8, 4) is 11.3 Å². The van der Waals surface area contributed by atoms with Crippen molar-refractivity contribution < 1.29 is 4.79 Å². The molecular formula is C16H13N5O. The topological polar surface area (TPSA) is 83.0 Å². The van der Waals surface area contributed by atoms with Crippen LogP contribution in [0.15, 0.2) is 66.2 Å². The molecule has 0 spiro atoms. The normalized spacial score (nSPS) is 10.7. The third kappa shape index (κ3) is 3.06. The van der Waals surface area contributed by atoms with Gasteiger partial charge < -0.3 is 0 Å². The van der Waals surface area contributed by atoms with Crippen molar-refractivity contribution in [1.82, 2.24) is 20.6 Å². The molecule has 0 saturated carbocycles. The second kappa shape index (κ2) is 6.45. The molecule has 0 aliphatic heterocycles. The summed E-state index contributed by atoms with van der Waals surface area (Å²) in [6.45, 7) is 0. The summed E-state index contributed by atoms with van der Waals surface area (Å²) in [5.74, 6) is -0.289. The summed E-state index contributed by atoms with van der Waals surface area (Å²) in [4.78, 5) is 15.7. The minimum absolute atomic E-state index is 0.289. The Morgan fingerprint density at radius 1 is 1.14 bits per heavy atom. The standard InChI is InChI=1S/C16H13N5O/c22-16(13-6-8-17-9-7-13)21-19-11-14-10-18-20-15(14)12-4-2-1-3-5-12/h1-11H,(H,18,20)(H,21,22). The Morgan fingerprint density at radius 2 is 1.91 bits per heavy atom. The van der Waals surface area contributed by atoms with E-state index >= 15 is 0 Å². The molecule has 1 aromatic carbocycles. The molecule has 0 aliphatic carbocycles. The Morgan fingerprint density at radius 3 is 2.68 bits per heavy atom. The lowest BCUT2D eigenvalue weighted by molar-refractivity contribution is 0.0955. The smallest absolute Gasteiger partial charge is 0.271 e. The van der Waals surface area contributed by atoms with Gasteiger partial charge >= 0.3 is 0 Å². The highest BCUT2D eigenvalue weighted by molar-refractivity contribution is 5.95. The van der Waals surface area contributed by atoms with E-state index in [1.165, 1.54) is 0 Å². The van der Waals surface area contributed by atoms with Gasteiger partial charge in [-0.2, -0.15) is 10.2 Å². The number of hydrogen-bond donors (Lipinski definition) is 2. The highest BCUT2D eigenvalue weighted by atomic mass is 16.2. The molecule has 2 aromatic heterocycles. The minimum Gasteiger partial charge on any atom is -0.277 e. The van der Waals surface area contributed by atoms with E-state index in [2.05, 4.69) is 25.7 Å². The van der Waals surface area contributed by atoms with Crippen molar-refractivity contribution in [2.24, 2.45) is 5.10 Å². The number of aromatic amines is 1. The molecule has 2 N–H and O–H groups in total. The molecule has 6 heteroatoms. The first kappa shape index (κ1) is 13.7. The van der Waals surface area contributed by atoms with Crippen LogP contribution in [0.25, 0.3) is 11.3 Å². The SMILES string of the molecule is O=C(NN=Cc1cn[nH]c1-c1ccccc1)c1ccncc1. The molecule has 0 aliphatic rings. The number of nitrogens with zero attached hydrogens (tertiary/aromatic N) is 3.